The Morgan fingerprint density at radius 2 is 1.72 bits per heavy atom. The fourth-order valence-electron chi connectivity index (χ4n) is 3.36. The molecular weight excluding hydrogens is 222 g/mol. The van der Waals surface area contributed by atoms with Gasteiger partial charge in [0.25, 0.3) is 0 Å². The molecule has 1 N–H and O–H groups in total. The first kappa shape index (κ1) is 14.3. The molecule has 0 radical (unpaired) electrons. The Labute approximate surface area is 113 Å². The minimum absolute atomic E-state index is 0.534. The Kier molecular flexibility index (Phi) is 5.50. The van der Waals surface area contributed by atoms with Crippen LogP contribution < -0.4 is 5.32 Å². The first-order valence-corrected chi connectivity index (χ1v) is 7.98. The first-order valence-electron chi connectivity index (χ1n) is 7.98. The molecule has 2 aliphatic rings. The quantitative estimate of drug-likeness (QED) is 0.728. The summed E-state index contributed by atoms with van der Waals surface area (Å²) in [6, 6.07) is 0. The van der Waals surface area contributed by atoms with E-state index in [0.717, 1.165) is 19.1 Å². The predicted molar refractivity (Wildman–Crippen MR) is 76.8 cm³/mol. The summed E-state index contributed by atoms with van der Waals surface area (Å²) in [7, 11) is 0. The second-order valence-electron chi connectivity index (χ2n) is 7.09. The molecular formula is C16H31NO. The Morgan fingerprint density at radius 1 is 1.06 bits per heavy atom. The normalized spacial score (nSPS) is 25.7. The van der Waals surface area contributed by atoms with E-state index in [-0.39, 0.29) is 0 Å². The highest BCUT2D eigenvalue weighted by atomic mass is 16.5. The van der Waals surface area contributed by atoms with Crippen LogP contribution in [-0.2, 0) is 4.74 Å². The van der Waals surface area contributed by atoms with Crippen molar-refractivity contribution >= 4 is 0 Å². The zero-order chi connectivity index (χ0) is 12.8. The van der Waals surface area contributed by atoms with Gasteiger partial charge in [0.2, 0.25) is 0 Å². The summed E-state index contributed by atoms with van der Waals surface area (Å²) in [4.78, 5) is 0. The van der Waals surface area contributed by atoms with Crippen molar-refractivity contribution in [1.29, 1.82) is 0 Å². The van der Waals surface area contributed by atoms with Crippen molar-refractivity contribution in [2.75, 3.05) is 19.7 Å². The highest BCUT2D eigenvalue weighted by Gasteiger charge is 2.26. The minimum atomic E-state index is 0.534. The van der Waals surface area contributed by atoms with E-state index in [2.05, 4.69) is 19.2 Å². The largest absolute Gasteiger partial charge is 0.377 e. The van der Waals surface area contributed by atoms with Gasteiger partial charge in [-0.15, -0.1) is 0 Å². The van der Waals surface area contributed by atoms with Gasteiger partial charge in [0, 0.05) is 6.54 Å². The fraction of sp³-hybridized carbons (Fsp3) is 1.00. The van der Waals surface area contributed by atoms with Crippen LogP contribution in [0.3, 0.4) is 0 Å². The van der Waals surface area contributed by atoms with Crippen LogP contribution in [0.2, 0.25) is 0 Å². The second-order valence-corrected chi connectivity index (χ2v) is 7.09. The number of ether oxygens (including phenoxy) is 1. The number of hydrogen-bond acceptors (Lipinski definition) is 2. The molecule has 2 saturated carbocycles. The maximum atomic E-state index is 5.98. The van der Waals surface area contributed by atoms with E-state index in [9.17, 15) is 0 Å². The molecule has 0 saturated heterocycles. The van der Waals surface area contributed by atoms with Crippen LogP contribution in [0.4, 0.5) is 0 Å². The SMILES string of the molecule is CC1(C)CCC(OCCNCC2CCCC2)CC1. The zero-order valence-corrected chi connectivity index (χ0v) is 12.3. The number of hydrogen-bond donors (Lipinski definition) is 1. The molecule has 0 aliphatic heterocycles. The molecule has 18 heavy (non-hydrogen) atoms. The van der Waals surface area contributed by atoms with E-state index in [0.29, 0.717) is 11.5 Å². The molecule has 106 valence electrons. The van der Waals surface area contributed by atoms with Gasteiger partial charge in [-0.05, 0) is 56.4 Å². The van der Waals surface area contributed by atoms with Gasteiger partial charge in [-0.1, -0.05) is 26.7 Å². The summed E-state index contributed by atoms with van der Waals surface area (Å²) in [6.45, 7) is 7.91. The van der Waals surface area contributed by atoms with Crippen molar-refractivity contribution in [1.82, 2.24) is 5.32 Å². The van der Waals surface area contributed by atoms with Crippen molar-refractivity contribution < 1.29 is 4.74 Å². The number of nitrogens with one attached hydrogen (secondary N) is 1. The molecule has 0 aromatic heterocycles. The monoisotopic (exact) mass is 253 g/mol. The molecule has 2 heteroatoms. The van der Waals surface area contributed by atoms with Gasteiger partial charge >= 0.3 is 0 Å². The molecule has 0 aromatic rings. The lowest BCUT2D eigenvalue weighted by Crippen LogP contribution is -2.30. The van der Waals surface area contributed by atoms with Crippen LogP contribution >= 0.6 is 0 Å². The van der Waals surface area contributed by atoms with Gasteiger partial charge in [-0.3, -0.25) is 0 Å². The molecule has 2 rings (SSSR count). The first-order chi connectivity index (χ1) is 8.66. The molecule has 0 heterocycles. The third-order valence-corrected chi connectivity index (χ3v) is 4.83. The molecule has 0 spiro atoms. The third kappa shape index (κ3) is 4.89. The lowest BCUT2D eigenvalue weighted by molar-refractivity contribution is 0.00585. The van der Waals surface area contributed by atoms with E-state index < -0.39 is 0 Å². The minimum Gasteiger partial charge on any atom is -0.377 e. The molecule has 0 aromatic carbocycles. The molecule has 2 nitrogen and oxygen atoms in total. The molecule has 0 unspecified atom stereocenters. The van der Waals surface area contributed by atoms with Gasteiger partial charge in [0.05, 0.1) is 12.7 Å². The Balaban J connectivity index is 1.46. The summed E-state index contributed by atoms with van der Waals surface area (Å²) in [6.07, 6.45) is 11.5. The summed E-state index contributed by atoms with van der Waals surface area (Å²) < 4.78 is 5.98. The van der Waals surface area contributed by atoms with E-state index >= 15 is 0 Å². The molecule has 2 aliphatic carbocycles. The third-order valence-electron chi connectivity index (χ3n) is 4.83. The van der Waals surface area contributed by atoms with Crippen molar-refractivity contribution in [3.63, 3.8) is 0 Å². The fourth-order valence-corrected chi connectivity index (χ4v) is 3.36. The number of rotatable bonds is 6. The van der Waals surface area contributed by atoms with Crippen LogP contribution in [0.25, 0.3) is 0 Å². The highest BCUT2D eigenvalue weighted by Crippen LogP contribution is 2.36. The van der Waals surface area contributed by atoms with Gasteiger partial charge in [0.1, 0.15) is 0 Å². The van der Waals surface area contributed by atoms with E-state index in [1.807, 2.05) is 0 Å². The van der Waals surface area contributed by atoms with Crippen molar-refractivity contribution in [2.24, 2.45) is 11.3 Å². The Morgan fingerprint density at radius 3 is 2.39 bits per heavy atom. The summed E-state index contributed by atoms with van der Waals surface area (Å²) >= 11 is 0. The maximum Gasteiger partial charge on any atom is 0.0594 e. The summed E-state index contributed by atoms with van der Waals surface area (Å²) in [5.74, 6) is 0.945. The molecule has 2 fully saturated rings. The van der Waals surface area contributed by atoms with Crippen LogP contribution in [0.15, 0.2) is 0 Å². The van der Waals surface area contributed by atoms with Gasteiger partial charge in [-0.2, -0.15) is 0 Å². The average molecular weight is 253 g/mol. The van der Waals surface area contributed by atoms with Crippen molar-refractivity contribution in [3.05, 3.63) is 0 Å². The standard InChI is InChI=1S/C16H31NO/c1-16(2)9-7-15(8-10-16)18-12-11-17-13-14-5-3-4-6-14/h14-15,17H,3-13H2,1-2H3. The smallest absolute Gasteiger partial charge is 0.0594 e. The maximum absolute atomic E-state index is 5.98. The van der Waals surface area contributed by atoms with Crippen molar-refractivity contribution in [3.8, 4) is 0 Å². The van der Waals surface area contributed by atoms with Crippen LogP contribution in [0, 0.1) is 11.3 Å². The zero-order valence-electron chi connectivity index (χ0n) is 12.3. The van der Waals surface area contributed by atoms with E-state index in [1.54, 1.807) is 0 Å². The van der Waals surface area contributed by atoms with E-state index in [4.69, 9.17) is 4.74 Å². The summed E-state index contributed by atoms with van der Waals surface area (Å²) in [5.41, 5.74) is 0.556. The highest BCUT2D eigenvalue weighted by molar-refractivity contribution is 4.78. The van der Waals surface area contributed by atoms with E-state index in [1.165, 1.54) is 57.9 Å². The Bertz CT molecular complexity index is 223. The van der Waals surface area contributed by atoms with Gasteiger partial charge in [-0.25, -0.2) is 0 Å². The average Bonchev–Trinajstić information content (AvgIpc) is 2.84. The molecule has 0 amide bonds. The summed E-state index contributed by atoms with van der Waals surface area (Å²) in [5, 5.41) is 3.56. The van der Waals surface area contributed by atoms with Gasteiger partial charge < -0.3 is 10.1 Å². The second kappa shape index (κ2) is 6.91. The topological polar surface area (TPSA) is 21.3 Å². The molecule has 0 bridgehead atoms. The lowest BCUT2D eigenvalue weighted by atomic mass is 9.76. The Hall–Kier alpha value is -0.0800. The van der Waals surface area contributed by atoms with Gasteiger partial charge in [0.15, 0.2) is 0 Å². The predicted octanol–water partition coefficient (Wildman–Crippen LogP) is 3.75. The molecule has 0 atom stereocenters. The lowest BCUT2D eigenvalue weighted by Gasteiger charge is -2.34. The van der Waals surface area contributed by atoms with Crippen LogP contribution in [0.1, 0.15) is 65.2 Å². The van der Waals surface area contributed by atoms with Crippen LogP contribution in [0.5, 0.6) is 0 Å². The van der Waals surface area contributed by atoms with Crippen molar-refractivity contribution in [2.45, 2.75) is 71.3 Å². The van der Waals surface area contributed by atoms with Crippen LogP contribution in [-0.4, -0.2) is 25.8 Å².